The number of carbonyl (C=O) groups is 1. The van der Waals surface area contributed by atoms with Crippen LogP contribution < -0.4 is 5.73 Å². The van der Waals surface area contributed by atoms with Gasteiger partial charge in [0.15, 0.2) is 15.6 Å². The van der Waals surface area contributed by atoms with Crippen molar-refractivity contribution in [3.63, 3.8) is 0 Å². The smallest absolute Gasteiger partial charge is 0.175 e. The predicted molar refractivity (Wildman–Crippen MR) is 65.3 cm³/mol. The molecule has 0 aliphatic heterocycles. The van der Waals surface area contributed by atoms with Crippen LogP contribution in [0, 0.1) is 0 Å². The van der Waals surface area contributed by atoms with Crippen LogP contribution in [-0.2, 0) is 9.84 Å². The molecule has 0 bridgehead atoms. The molecule has 88 valence electrons. The third kappa shape index (κ3) is 3.40. The lowest BCUT2D eigenvalue weighted by Crippen LogP contribution is -2.09. The fourth-order valence-corrected chi connectivity index (χ4v) is 2.54. The van der Waals surface area contributed by atoms with Crippen molar-refractivity contribution < 1.29 is 13.2 Å². The first-order valence-corrected chi connectivity index (χ1v) is 7.27. The highest BCUT2D eigenvalue weighted by molar-refractivity contribution is 9.10. The van der Waals surface area contributed by atoms with Gasteiger partial charge in [-0.2, -0.15) is 0 Å². The van der Waals surface area contributed by atoms with Crippen molar-refractivity contribution >= 4 is 31.6 Å². The summed E-state index contributed by atoms with van der Waals surface area (Å²) in [6, 6.07) is 4.43. The van der Waals surface area contributed by atoms with E-state index in [4.69, 9.17) is 5.73 Å². The largest absolute Gasteiger partial charge is 0.330 e. The molecule has 0 fully saturated rings. The molecule has 4 nitrogen and oxygen atoms in total. The summed E-state index contributed by atoms with van der Waals surface area (Å²) in [5.74, 6) is -0.159. The van der Waals surface area contributed by atoms with Crippen LogP contribution in [0.5, 0.6) is 0 Å². The SMILES string of the molecule is CS(=O)(=O)c1cc(Br)cc(C(=O)CCN)c1. The van der Waals surface area contributed by atoms with Gasteiger partial charge in [0, 0.05) is 22.7 Å². The lowest BCUT2D eigenvalue weighted by molar-refractivity contribution is 0.0985. The molecule has 0 aliphatic carbocycles. The summed E-state index contributed by atoms with van der Waals surface area (Å²) in [6.07, 6.45) is 1.31. The average Bonchev–Trinajstić information content (AvgIpc) is 2.16. The molecule has 0 radical (unpaired) electrons. The molecule has 1 rings (SSSR count). The van der Waals surface area contributed by atoms with E-state index >= 15 is 0 Å². The van der Waals surface area contributed by atoms with Crippen LogP contribution in [0.25, 0.3) is 0 Å². The highest BCUT2D eigenvalue weighted by Gasteiger charge is 2.13. The van der Waals surface area contributed by atoms with Crippen LogP contribution in [0.3, 0.4) is 0 Å². The Morgan fingerprint density at radius 2 is 2.00 bits per heavy atom. The first-order chi connectivity index (χ1) is 7.34. The standard InChI is InChI=1S/C10H12BrNO3S/c1-16(14,15)9-5-7(4-8(11)6-9)10(13)2-3-12/h4-6H,2-3,12H2,1H3. The molecule has 16 heavy (non-hydrogen) atoms. The lowest BCUT2D eigenvalue weighted by Gasteiger charge is -2.04. The summed E-state index contributed by atoms with van der Waals surface area (Å²) in [7, 11) is -3.31. The molecule has 0 heterocycles. The van der Waals surface area contributed by atoms with Crippen molar-refractivity contribution in [2.75, 3.05) is 12.8 Å². The fourth-order valence-electron chi connectivity index (χ4n) is 1.21. The summed E-state index contributed by atoms with van der Waals surface area (Å²) in [5, 5.41) is 0. The molecule has 6 heteroatoms. The van der Waals surface area contributed by atoms with Crippen LogP contribution in [0.1, 0.15) is 16.8 Å². The number of benzene rings is 1. The molecular formula is C10H12BrNO3S. The zero-order chi connectivity index (χ0) is 12.3. The van der Waals surface area contributed by atoms with Gasteiger partial charge in [-0.05, 0) is 24.7 Å². The van der Waals surface area contributed by atoms with Gasteiger partial charge in [-0.15, -0.1) is 0 Å². The Morgan fingerprint density at radius 3 is 2.50 bits per heavy atom. The van der Waals surface area contributed by atoms with Crippen molar-refractivity contribution in [2.24, 2.45) is 5.73 Å². The van der Waals surface area contributed by atoms with Crippen molar-refractivity contribution in [1.29, 1.82) is 0 Å². The maximum Gasteiger partial charge on any atom is 0.175 e. The molecule has 0 aliphatic rings. The zero-order valence-electron chi connectivity index (χ0n) is 8.73. The van der Waals surface area contributed by atoms with E-state index in [9.17, 15) is 13.2 Å². The van der Waals surface area contributed by atoms with E-state index in [0.717, 1.165) is 6.26 Å². The topological polar surface area (TPSA) is 77.2 Å². The van der Waals surface area contributed by atoms with Crippen LogP contribution in [-0.4, -0.2) is 27.0 Å². The van der Waals surface area contributed by atoms with Crippen molar-refractivity contribution in [3.05, 3.63) is 28.2 Å². The Labute approximate surface area is 103 Å². The normalized spacial score (nSPS) is 11.4. The van der Waals surface area contributed by atoms with Gasteiger partial charge < -0.3 is 5.73 Å². The monoisotopic (exact) mass is 305 g/mol. The number of rotatable bonds is 4. The number of hydrogen-bond acceptors (Lipinski definition) is 4. The molecule has 0 unspecified atom stereocenters. The number of hydrogen-bond donors (Lipinski definition) is 1. The molecule has 2 N–H and O–H groups in total. The minimum absolute atomic E-state index is 0.127. The minimum Gasteiger partial charge on any atom is -0.330 e. The second-order valence-corrected chi connectivity index (χ2v) is 6.34. The van der Waals surface area contributed by atoms with Crippen molar-refractivity contribution in [1.82, 2.24) is 0 Å². The molecule has 0 saturated carbocycles. The van der Waals surface area contributed by atoms with E-state index in [1.807, 2.05) is 0 Å². The number of sulfone groups is 1. The summed E-state index contributed by atoms with van der Waals surface area (Å²) in [6.45, 7) is 0.250. The Balaban J connectivity index is 3.24. The molecular weight excluding hydrogens is 294 g/mol. The summed E-state index contributed by atoms with van der Waals surface area (Å²) in [5.41, 5.74) is 5.64. The number of nitrogens with two attached hydrogens (primary N) is 1. The van der Waals surface area contributed by atoms with E-state index in [0.29, 0.717) is 10.0 Å². The van der Waals surface area contributed by atoms with Gasteiger partial charge in [0.2, 0.25) is 0 Å². The third-order valence-electron chi connectivity index (χ3n) is 1.99. The van der Waals surface area contributed by atoms with Crippen LogP contribution in [0.15, 0.2) is 27.6 Å². The Hall–Kier alpha value is -0.720. The first-order valence-electron chi connectivity index (χ1n) is 4.58. The molecule has 0 aromatic heterocycles. The second kappa shape index (κ2) is 5.07. The molecule has 0 amide bonds. The summed E-state index contributed by atoms with van der Waals surface area (Å²) >= 11 is 3.18. The van der Waals surface area contributed by atoms with E-state index in [1.165, 1.54) is 12.1 Å². The lowest BCUT2D eigenvalue weighted by atomic mass is 10.1. The second-order valence-electron chi connectivity index (χ2n) is 3.41. The quantitative estimate of drug-likeness (QED) is 0.853. The highest BCUT2D eigenvalue weighted by atomic mass is 79.9. The molecule has 1 aromatic carbocycles. The average molecular weight is 306 g/mol. The molecule has 0 saturated heterocycles. The van der Waals surface area contributed by atoms with Crippen LogP contribution in [0.2, 0.25) is 0 Å². The van der Waals surface area contributed by atoms with Crippen LogP contribution >= 0.6 is 15.9 Å². The number of carbonyl (C=O) groups excluding carboxylic acids is 1. The van der Waals surface area contributed by atoms with Gasteiger partial charge in [0.25, 0.3) is 0 Å². The predicted octanol–water partition coefficient (Wildman–Crippen LogP) is 1.38. The van der Waals surface area contributed by atoms with E-state index in [-0.39, 0.29) is 23.6 Å². The van der Waals surface area contributed by atoms with Gasteiger partial charge in [-0.3, -0.25) is 4.79 Å². The zero-order valence-corrected chi connectivity index (χ0v) is 11.1. The summed E-state index contributed by atoms with van der Waals surface area (Å²) < 4.78 is 23.3. The Bertz CT molecular complexity index is 511. The Kier molecular flexibility index (Phi) is 4.23. The maximum atomic E-state index is 11.6. The third-order valence-corrected chi connectivity index (χ3v) is 3.54. The molecule has 1 aromatic rings. The summed E-state index contributed by atoms with van der Waals surface area (Å²) in [4.78, 5) is 11.7. The van der Waals surface area contributed by atoms with Crippen molar-refractivity contribution in [3.8, 4) is 0 Å². The highest BCUT2D eigenvalue weighted by Crippen LogP contribution is 2.20. The van der Waals surface area contributed by atoms with Gasteiger partial charge in [-0.1, -0.05) is 15.9 Å². The molecule has 0 atom stereocenters. The van der Waals surface area contributed by atoms with Gasteiger partial charge in [-0.25, -0.2) is 8.42 Å². The number of ketones is 1. The van der Waals surface area contributed by atoms with Crippen LogP contribution in [0.4, 0.5) is 0 Å². The number of halogens is 1. The fraction of sp³-hybridized carbons (Fsp3) is 0.300. The van der Waals surface area contributed by atoms with Gasteiger partial charge >= 0.3 is 0 Å². The first kappa shape index (κ1) is 13.3. The van der Waals surface area contributed by atoms with E-state index < -0.39 is 9.84 Å². The number of Topliss-reactive ketones (excluding diaryl/α,β-unsaturated/α-hetero) is 1. The van der Waals surface area contributed by atoms with E-state index in [1.54, 1.807) is 6.07 Å². The maximum absolute atomic E-state index is 11.6. The van der Waals surface area contributed by atoms with Gasteiger partial charge in [0.1, 0.15) is 0 Å². The Morgan fingerprint density at radius 1 is 1.38 bits per heavy atom. The molecule has 0 spiro atoms. The minimum atomic E-state index is -3.31. The van der Waals surface area contributed by atoms with Gasteiger partial charge in [0.05, 0.1) is 4.90 Å². The van der Waals surface area contributed by atoms with Crippen molar-refractivity contribution in [2.45, 2.75) is 11.3 Å². The van der Waals surface area contributed by atoms with E-state index in [2.05, 4.69) is 15.9 Å².